The molecule has 0 radical (unpaired) electrons. The number of nitrogens with zero attached hydrogens (tertiary/aromatic N) is 5. The molecule has 1 fully saturated rings. The first-order valence-corrected chi connectivity index (χ1v) is 6.93. The number of carbonyl (C=O) groups excluding carboxylic acids is 1. The lowest BCUT2D eigenvalue weighted by Gasteiger charge is -2.22. The van der Waals surface area contributed by atoms with Crippen molar-refractivity contribution in [1.29, 1.82) is 0 Å². The molecule has 2 aromatic heterocycles. The van der Waals surface area contributed by atoms with E-state index < -0.39 is 6.17 Å². The number of likely N-dealkylation sites (tertiary alicyclic amines) is 1. The predicted octanol–water partition coefficient (Wildman–Crippen LogP) is -0.161. The van der Waals surface area contributed by atoms with Crippen LogP contribution in [0.2, 0.25) is 0 Å². The summed E-state index contributed by atoms with van der Waals surface area (Å²) in [5, 5.41) is 16.2. The zero-order valence-corrected chi connectivity index (χ0v) is 12.0. The number of halogens is 1. The van der Waals surface area contributed by atoms with Crippen LogP contribution in [0.4, 0.5) is 4.39 Å². The van der Waals surface area contributed by atoms with Gasteiger partial charge in [-0.25, -0.2) is 4.39 Å². The second-order valence-electron chi connectivity index (χ2n) is 5.21. The monoisotopic (exact) mass is 309 g/mol. The maximum Gasteiger partial charge on any atom is 0.273 e. The number of amides is 1. The molecule has 3 heterocycles. The zero-order chi connectivity index (χ0) is 15.5. The third-order valence-corrected chi connectivity index (χ3v) is 3.54. The highest BCUT2D eigenvalue weighted by molar-refractivity contribution is 5.91. The Bertz CT molecular complexity index is 629. The Morgan fingerprint density at radius 3 is 3.18 bits per heavy atom. The average Bonchev–Trinajstić information content (AvgIpc) is 3.19. The van der Waals surface area contributed by atoms with Gasteiger partial charge in [0.2, 0.25) is 5.89 Å². The van der Waals surface area contributed by atoms with Gasteiger partial charge in [-0.3, -0.25) is 9.69 Å². The van der Waals surface area contributed by atoms with Crippen LogP contribution in [0, 0.1) is 6.92 Å². The van der Waals surface area contributed by atoms with Crippen LogP contribution < -0.4 is 5.32 Å². The minimum Gasteiger partial charge on any atom is -0.349 e. The van der Waals surface area contributed by atoms with Crippen molar-refractivity contribution in [1.82, 2.24) is 35.8 Å². The maximum absolute atomic E-state index is 13.7. The molecule has 0 bridgehead atoms. The fourth-order valence-corrected chi connectivity index (χ4v) is 2.53. The van der Waals surface area contributed by atoms with Crippen LogP contribution in [-0.4, -0.2) is 61.7 Å². The second-order valence-corrected chi connectivity index (χ2v) is 5.21. The molecule has 0 aromatic carbocycles. The first-order chi connectivity index (χ1) is 10.6. The largest absolute Gasteiger partial charge is 0.349 e. The van der Waals surface area contributed by atoms with Gasteiger partial charge in [-0.15, -0.1) is 0 Å². The van der Waals surface area contributed by atoms with E-state index in [1.807, 2.05) is 4.90 Å². The molecule has 9 nitrogen and oxygen atoms in total. The number of hydrogen-bond donors (Lipinski definition) is 2. The van der Waals surface area contributed by atoms with Crippen LogP contribution in [0.25, 0.3) is 0 Å². The average molecular weight is 309 g/mol. The fraction of sp³-hybridized carbons (Fsp3) is 0.583. The summed E-state index contributed by atoms with van der Waals surface area (Å²) in [6.45, 7) is 2.71. The lowest BCUT2D eigenvalue weighted by molar-refractivity contribution is 0.0934. The van der Waals surface area contributed by atoms with Crippen molar-refractivity contribution in [3.63, 3.8) is 0 Å². The summed E-state index contributed by atoms with van der Waals surface area (Å²) in [4.78, 5) is 17.8. The summed E-state index contributed by atoms with van der Waals surface area (Å²) >= 11 is 0. The number of H-pyrrole nitrogens is 1. The summed E-state index contributed by atoms with van der Waals surface area (Å²) in [7, 11) is 0. The molecule has 1 aliphatic rings. The molecule has 1 amide bonds. The van der Waals surface area contributed by atoms with Crippen LogP contribution in [-0.2, 0) is 6.54 Å². The van der Waals surface area contributed by atoms with E-state index in [0.717, 1.165) is 0 Å². The standard InChI is InChI=1S/C12H16FN7O2/c1-7-16-11(18-22-7)6-20-5-8(13)2-9(20)3-14-12(21)10-4-15-19-17-10/h4,8-9H,2-3,5-6H2,1H3,(H,14,21)(H,15,17,19)/t8-,9-/m0/s1. The summed E-state index contributed by atoms with van der Waals surface area (Å²) < 4.78 is 18.6. The van der Waals surface area contributed by atoms with E-state index in [9.17, 15) is 9.18 Å². The highest BCUT2D eigenvalue weighted by Crippen LogP contribution is 2.21. The molecule has 1 saturated heterocycles. The van der Waals surface area contributed by atoms with Gasteiger partial charge in [-0.1, -0.05) is 5.16 Å². The molecule has 1 aliphatic heterocycles. The minimum absolute atomic E-state index is 0.121. The Balaban J connectivity index is 1.57. The first-order valence-electron chi connectivity index (χ1n) is 6.93. The number of aromatic nitrogens is 5. The third-order valence-electron chi connectivity index (χ3n) is 3.54. The Labute approximate surface area is 125 Å². The Morgan fingerprint density at radius 2 is 2.50 bits per heavy atom. The normalized spacial score (nSPS) is 22.1. The number of alkyl halides is 1. The maximum atomic E-state index is 13.7. The third kappa shape index (κ3) is 3.27. The van der Waals surface area contributed by atoms with Gasteiger partial charge in [0.1, 0.15) is 6.17 Å². The summed E-state index contributed by atoms with van der Waals surface area (Å²) in [5.74, 6) is 0.646. The van der Waals surface area contributed by atoms with Crippen LogP contribution in [0.3, 0.4) is 0 Å². The zero-order valence-electron chi connectivity index (χ0n) is 12.0. The van der Waals surface area contributed by atoms with E-state index in [4.69, 9.17) is 4.52 Å². The van der Waals surface area contributed by atoms with Crippen molar-refractivity contribution in [2.75, 3.05) is 13.1 Å². The van der Waals surface area contributed by atoms with E-state index in [-0.39, 0.29) is 24.2 Å². The van der Waals surface area contributed by atoms with Gasteiger partial charge >= 0.3 is 0 Å². The number of aryl methyl sites for hydroxylation is 1. The summed E-state index contributed by atoms with van der Waals surface area (Å²) in [6.07, 6.45) is 0.763. The van der Waals surface area contributed by atoms with Gasteiger partial charge in [0.05, 0.1) is 12.7 Å². The number of hydrogen-bond acceptors (Lipinski definition) is 7. The van der Waals surface area contributed by atoms with Gasteiger partial charge in [0, 0.05) is 26.1 Å². The van der Waals surface area contributed by atoms with E-state index in [1.165, 1.54) is 6.20 Å². The van der Waals surface area contributed by atoms with E-state index in [2.05, 4.69) is 30.9 Å². The van der Waals surface area contributed by atoms with Crippen molar-refractivity contribution in [2.24, 2.45) is 0 Å². The molecule has 2 atom stereocenters. The molecule has 2 N–H and O–H groups in total. The number of aromatic amines is 1. The predicted molar refractivity (Wildman–Crippen MR) is 71.5 cm³/mol. The van der Waals surface area contributed by atoms with Crippen LogP contribution >= 0.6 is 0 Å². The molecule has 118 valence electrons. The lowest BCUT2D eigenvalue weighted by Crippen LogP contribution is -2.40. The number of nitrogens with one attached hydrogen (secondary N) is 2. The lowest BCUT2D eigenvalue weighted by atomic mass is 10.2. The Hall–Kier alpha value is -2.36. The molecular formula is C12H16FN7O2. The minimum atomic E-state index is -0.929. The van der Waals surface area contributed by atoms with Crippen molar-refractivity contribution in [3.05, 3.63) is 23.6 Å². The van der Waals surface area contributed by atoms with Gasteiger partial charge < -0.3 is 9.84 Å². The Morgan fingerprint density at radius 1 is 1.64 bits per heavy atom. The van der Waals surface area contributed by atoms with Gasteiger partial charge in [0.25, 0.3) is 5.91 Å². The summed E-state index contributed by atoms with van der Waals surface area (Å²) in [5.41, 5.74) is 0.204. The molecule has 3 rings (SSSR count). The molecule has 10 heteroatoms. The topological polar surface area (TPSA) is 113 Å². The van der Waals surface area contributed by atoms with Crippen LogP contribution in [0.5, 0.6) is 0 Å². The fourth-order valence-electron chi connectivity index (χ4n) is 2.53. The van der Waals surface area contributed by atoms with E-state index >= 15 is 0 Å². The molecule has 0 spiro atoms. The van der Waals surface area contributed by atoms with Crippen molar-refractivity contribution >= 4 is 5.91 Å². The Kier molecular flexibility index (Phi) is 4.09. The van der Waals surface area contributed by atoms with E-state index in [1.54, 1.807) is 6.92 Å². The molecule has 22 heavy (non-hydrogen) atoms. The SMILES string of the molecule is Cc1nc(CN2C[C@@H](F)C[C@H]2CNC(=O)c2cn[nH]n2)no1. The highest BCUT2D eigenvalue weighted by Gasteiger charge is 2.33. The van der Waals surface area contributed by atoms with Crippen molar-refractivity contribution < 1.29 is 13.7 Å². The molecule has 0 unspecified atom stereocenters. The molecule has 0 saturated carbocycles. The van der Waals surface area contributed by atoms with Crippen molar-refractivity contribution in [3.8, 4) is 0 Å². The summed E-state index contributed by atoms with van der Waals surface area (Å²) in [6, 6.07) is -0.121. The number of carbonyl (C=O) groups is 1. The van der Waals surface area contributed by atoms with Crippen molar-refractivity contribution in [2.45, 2.75) is 32.1 Å². The number of rotatable bonds is 5. The first kappa shape index (κ1) is 14.6. The van der Waals surface area contributed by atoms with Crippen LogP contribution in [0.15, 0.2) is 10.7 Å². The van der Waals surface area contributed by atoms with Gasteiger partial charge in [-0.05, 0) is 6.42 Å². The van der Waals surface area contributed by atoms with E-state index in [0.29, 0.717) is 31.2 Å². The van der Waals surface area contributed by atoms with Crippen LogP contribution in [0.1, 0.15) is 28.6 Å². The molecular weight excluding hydrogens is 293 g/mol. The molecule has 2 aromatic rings. The quantitative estimate of drug-likeness (QED) is 0.789. The molecule has 0 aliphatic carbocycles. The highest BCUT2D eigenvalue weighted by atomic mass is 19.1. The second kappa shape index (κ2) is 6.18. The van der Waals surface area contributed by atoms with Gasteiger partial charge in [-0.2, -0.15) is 20.4 Å². The smallest absolute Gasteiger partial charge is 0.273 e. The van der Waals surface area contributed by atoms with Gasteiger partial charge in [0.15, 0.2) is 11.5 Å².